The molecule has 0 aromatic carbocycles. The summed E-state index contributed by atoms with van der Waals surface area (Å²) in [5.41, 5.74) is 15.1. The molecule has 3 aromatic heterocycles. The van der Waals surface area contributed by atoms with E-state index in [1.807, 2.05) is 34.7 Å². The third-order valence-corrected chi connectivity index (χ3v) is 5.71. The maximum atomic E-state index is 12.8. The predicted octanol–water partition coefficient (Wildman–Crippen LogP) is 3.06. The molecule has 4 heterocycles. The van der Waals surface area contributed by atoms with Crippen molar-refractivity contribution in [1.29, 1.82) is 0 Å². The second-order valence-electron chi connectivity index (χ2n) is 6.87. The van der Waals surface area contributed by atoms with Crippen LogP contribution in [0.4, 0.5) is 10.9 Å². The first-order valence-electron chi connectivity index (χ1n) is 9.27. The lowest BCUT2D eigenvalue weighted by Gasteiger charge is -2.24. The van der Waals surface area contributed by atoms with Gasteiger partial charge in [0.05, 0.1) is 17.4 Å². The molecule has 1 aliphatic heterocycles. The quantitative estimate of drug-likeness (QED) is 0.688. The van der Waals surface area contributed by atoms with Crippen LogP contribution in [0, 0.1) is 0 Å². The fraction of sp³-hybridized carbons (Fsp3) is 0.300. The van der Waals surface area contributed by atoms with Gasteiger partial charge in [0.25, 0.3) is 0 Å². The van der Waals surface area contributed by atoms with Crippen LogP contribution in [0.15, 0.2) is 42.0 Å². The maximum absolute atomic E-state index is 12.8. The van der Waals surface area contributed by atoms with Crippen molar-refractivity contribution in [3.8, 4) is 11.1 Å². The average molecular weight is 395 g/mol. The Morgan fingerprint density at radius 3 is 2.57 bits per heavy atom. The lowest BCUT2D eigenvalue weighted by atomic mass is 10.1. The second-order valence-corrected chi connectivity index (χ2v) is 7.76. The van der Waals surface area contributed by atoms with Crippen molar-refractivity contribution in [3.05, 3.63) is 53.4 Å². The molecular formula is C20H22N6OS. The summed E-state index contributed by atoms with van der Waals surface area (Å²) in [6.45, 7) is 0.772. The number of hydrogen-bond donors (Lipinski definition) is 2. The molecule has 0 bridgehead atoms. The first-order valence-corrected chi connectivity index (χ1v) is 10.2. The van der Waals surface area contributed by atoms with E-state index in [0.29, 0.717) is 23.8 Å². The standard InChI is InChI=1S/C20H22N6OS/c21-18-7-4-14(11-24-18)13-3-6-16(23-10-13)17-2-1-9-26(17)19(27)8-5-15-12-28-20(22)25-15/h3-4,6-7,10-12,17H,1-2,5,8-9H2,(H2,21,24)(H2,22,25)/t17-/m1/s1. The van der Waals surface area contributed by atoms with Crippen LogP contribution in [0.1, 0.15) is 36.7 Å². The number of nitrogens with two attached hydrogens (primary N) is 2. The fourth-order valence-electron chi connectivity index (χ4n) is 3.54. The van der Waals surface area contributed by atoms with E-state index < -0.39 is 0 Å². The molecule has 1 saturated heterocycles. The minimum Gasteiger partial charge on any atom is -0.384 e. The highest BCUT2D eigenvalue weighted by Crippen LogP contribution is 2.32. The molecule has 1 aliphatic rings. The highest BCUT2D eigenvalue weighted by molar-refractivity contribution is 7.13. The number of aryl methyl sites for hydroxylation is 1. The van der Waals surface area contributed by atoms with Gasteiger partial charge in [0.1, 0.15) is 5.82 Å². The number of anilines is 2. The number of likely N-dealkylation sites (tertiary alicyclic amines) is 1. The van der Waals surface area contributed by atoms with Gasteiger partial charge in [-0.25, -0.2) is 9.97 Å². The molecule has 7 nitrogen and oxygen atoms in total. The highest BCUT2D eigenvalue weighted by atomic mass is 32.1. The van der Waals surface area contributed by atoms with Crippen LogP contribution in [0.5, 0.6) is 0 Å². The molecule has 28 heavy (non-hydrogen) atoms. The van der Waals surface area contributed by atoms with E-state index in [4.69, 9.17) is 11.5 Å². The molecule has 0 aliphatic carbocycles. The number of thiazole rings is 1. The topological polar surface area (TPSA) is 111 Å². The Kier molecular flexibility index (Phi) is 5.21. The van der Waals surface area contributed by atoms with Gasteiger partial charge in [0, 0.05) is 41.9 Å². The van der Waals surface area contributed by atoms with Gasteiger partial charge in [-0.05, 0) is 37.5 Å². The number of hydrogen-bond acceptors (Lipinski definition) is 7. The molecule has 0 radical (unpaired) electrons. The average Bonchev–Trinajstić information content (AvgIpc) is 3.36. The Morgan fingerprint density at radius 1 is 1.14 bits per heavy atom. The van der Waals surface area contributed by atoms with Crippen LogP contribution < -0.4 is 11.5 Å². The number of aromatic nitrogens is 3. The Bertz CT molecular complexity index is 954. The zero-order valence-electron chi connectivity index (χ0n) is 15.4. The maximum Gasteiger partial charge on any atom is 0.223 e. The molecule has 1 fully saturated rings. The summed E-state index contributed by atoms with van der Waals surface area (Å²) in [5, 5.41) is 2.46. The lowest BCUT2D eigenvalue weighted by Crippen LogP contribution is -2.31. The number of rotatable bonds is 5. The van der Waals surface area contributed by atoms with Crippen molar-refractivity contribution in [1.82, 2.24) is 19.9 Å². The third kappa shape index (κ3) is 3.96. The Morgan fingerprint density at radius 2 is 1.93 bits per heavy atom. The highest BCUT2D eigenvalue weighted by Gasteiger charge is 2.30. The van der Waals surface area contributed by atoms with E-state index in [9.17, 15) is 4.79 Å². The molecule has 8 heteroatoms. The molecule has 0 unspecified atom stereocenters. The second kappa shape index (κ2) is 7.93. The van der Waals surface area contributed by atoms with Crippen molar-refractivity contribution in [2.75, 3.05) is 18.0 Å². The van der Waals surface area contributed by atoms with Gasteiger partial charge in [-0.3, -0.25) is 9.78 Å². The van der Waals surface area contributed by atoms with Crippen LogP contribution in [-0.4, -0.2) is 32.3 Å². The van der Waals surface area contributed by atoms with Crippen molar-refractivity contribution in [2.24, 2.45) is 0 Å². The molecular weight excluding hydrogens is 372 g/mol. The van der Waals surface area contributed by atoms with E-state index in [0.717, 1.165) is 41.9 Å². The fourth-order valence-corrected chi connectivity index (χ4v) is 4.14. The van der Waals surface area contributed by atoms with E-state index in [1.54, 1.807) is 12.3 Å². The van der Waals surface area contributed by atoms with Gasteiger partial charge in [0.2, 0.25) is 5.91 Å². The van der Waals surface area contributed by atoms with Crippen LogP contribution in [-0.2, 0) is 11.2 Å². The van der Waals surface area contributed by atoms with Crippen molar-refractivity contribution in [2.45, 2.75) is 31.7 Å². The molecule has 4 rings (SSSR count). The molecule has 3 aromatic rings. The number of amides is 1. The number of nitrogen functional groups attached to an aromatic ring is 2. The molecule has 1 atom stereocenters. The smallest absolute Gasteiger partial charge is 0.223 e. The Hall–Kier alpha value is -3.00. The van der Waals surface area contributed by atoms with E-state index in [2.05, 4.69) is 15.0 Å². The van der Waals surface area contributed by atoms with E-state index in [1.165, 1.54) is 11.3 Å². The number of carbonyl (C=O) groups excluding carboxylic acids is 1. The first kappa shape index (κ1) is 18.4. The summed E-state index contributed by atoms with van der Waals surface area (Å²) in [6.07, 6.45) is 6.56. The minimum absolute atomic E-state index is 0.0339. The summed E-state index contributed by atoms with van der Waals surface area (Å²) in [5.74, 6) is 0.636. The van der Waals surface area contributed by atoms with Gasteiger partial charge >= 0.3 is 0 Å². The monoisotopic (exact) mass is 394 g/mol. The number of carbonyl (C=O) groups is 1. The number of pyridine rings is 2. The summed E-state index contributed by atoms with van der Waals surface area (Å²) in [6, 6.07) is 7.76. The van der Waals surface area contributed by atoms with Crippen molar-refractivity contribution < 1.29 is 4.79 Å². The normalized spacial score (nSPS) is 16.4. The van der Waals surface area contributed by atoms with Crippen molar-refractivity contribution >= 4 is 28.2 Å². The van der Waals surface area contributed by atoms with Gasteiger partial charge in [0.15, 0.2) is 5.13 Å². The number of nitrogens with zero attached hydrogens (tertiary/aromatic N) is 4. The molecule has 1 amide bonds. The molecule has 144 valence electrons. The van der Waals surface area contributed by atoms with Crippen LogP contribution in [0.25, 0.3) is 11.1 Å². The van der Waals surface area contributed by atoms with Crippen molar-refractivity contribution in [3.63, 3.8) is 0 Å². The Labute approximate surface area is 167 Å². The summed E-state index contributed by atoms with van der Waals surface area (Å²) in [7, 11) is 0. The van der Waals surface area contributed by atoms with E-state index in [-0.39, 0.29) is 11.9 Å². The van der Waals surface area contributed by atoms with Crippen LogP contribution >= 0.6 is 11.3 Å². The minimum atomic E-state index is 0.0339. The molecule has 4 N–H and O–H groups in total. The first-order chi connectivity index (χ1) is 13.6. The van der Waals surface area contributed by atoms with Crippen LogP contribution in [0.2, 0.25) is 0 Å². The summed E-state index contributed by atoms with van der Waals surface area (Å²) < 4.78 is 0. The summed E-state index contributed by atoms with van der Waals surface area (Å²) in [4.78, 5) is 27.7. The largest absolute Gasteiger partial charge is 0.384 e. The molecule has 0 saturated carbocycles. The third-order valence-electron chi connectivity index (χ3n) is 4.99. The van der Waals surface area contributed by atoms with Crippen LogP contribution in [0.3, 0.4) is 0 Å². The SMILES string of the molecule is Nc1ccc(-c2ccc([C@H]3CCCN3C(=O)CCc3csc(N)n3)nc2)cn1. The lowest BCUT2D eigenvalue weighted by molar-refractivity contribution is -0.132. The summed E-state index contributed by atoms with van der Waals surface area (Å²) >= 11 is 1.41. The van der Waals surface area contributed by atoms with E-state index >= 15 is 0 Å². The predicted molar refractivity (Wildman–Crippen MR) is 110 cm³/mol. The van der Waals surface area contributed by atoms with Gasteiger partial charge in [-0.15, -0.1) is 11.3 Å². The van der Waals surface area contributed by atoms with Gasteiger partial charge < -0.3 is 16.4 Å². The molecule has 0 spiro atoms. The van der Waals surface area contributed by atoms with Gasteiger partial charge in [-0.1, -0.05) is 6.07 Å². The zero-order valence-corrected chi connectivity index (χ0v) is 16.2. The zero-order chi connectivity index (χ0) is 19.5. The Balaban J connectivity index is 1.43. The van der Waals surface area contributed by atoms with Gasteiger partial charge in [-0.2, -0.15) is 0 Å².